The molecule has 0 radical (unpaired) electrons. The molecule has 1 saturated heterocycles. The molecule has 0 spiro atoms. The maximum absolute atomic E-state index is 3.49. The molecule has 1 unspecified atom stereocenters. The molecule has 0 aromatic rings. The summed E-state index contributed by atoms with van der Waals surface area (Å²) < 4.78 is 0. The molecule has 88 valence electrons. The largest absolute Gasteiger partial charge is 0.315 e. The summed E-state index contributed by atoms with van der Waals surface area (Å²) in [5.41, 5.74) is 0.485. The highest BCUT2D eigenvalue weighted by molar-refractivity contribution is 4.92. The Kier molecular flexibility index (Phi) is 3.36. The van der Waals surface area contributed by atoms with Gasteiger partial charge >= 0.3 is 0 Å². The highest BCUT2D eigenvalue weighted by Gasteiger charge is 2.35. The van der Waals surface area contributed by atoms with Gasteiger partial charge < -0.3 is 5.32 Å². The van der Waals surface area contributed by atoms with Gasteiger partial charge in [0.2, 0.25) is 0 Å². The maximum atomic E-state index is 3.49. The Morgan fingerprint density at radius 1 is 1.13 bits per heavy atom. The van der Waals surface area contributed by atoms with Crippen molar-refractivity contribution in [3.8, 4) is 0 Å². The van der Waals surface area contributed by atoms with Crippen molar-refractivity contribution in [1.82, 2.24) is 10.2 Å². The summed E-state index contributed by atoms with van der Waals surface area (Å²) in [7, 11) is 0. The monoisotopic (exact) mass is 210 g/mol. The molecule has 1 heterocycles. The lowest BCUT2D eigenvalue weighted by molar-refractivity contribution is 0.170. The Hall–Kier alpha value is -0.0800. The molecule has 1 saturated carbocycles. The minimum absolute atomic E-state index is 0.485. The number of nitrogens with one attached hydrogen (secondary N) is 1. The van der Waals surface area contributed by atoms with Crippen LogP contribution in [0.2, 0.25) is 0 Å². The number of hydrogen-bond donors (Lipinski definition) is 1. The first-order valence-electron chi connectivity index (χ1n) is 6.53. The molecule has 1 N–H and O–H groups in total. The second kappa shape index (κ2) is 4.42. The van der Waals surface area contributed by atoms with Crippen LogP contribution in [0.25, 0.3) is 0 Å². The van der Waals surface area contributed by atoms with Crippen LogP contribution in [-0.2, 0) is 0 Å². The Morgan fingerprint density at radius 3 is 2.33 bits per heavy atom. The van der Waals surface area contributed by atoms with Crippen molar-refractivity contribution in [1.29, 1.82) is 0 Å². The van der Waals surface area contributed by atoms with Crippen molar-refractivity contribution in [2.24, 2.45) is 5.41 Å². The van der Waals surface area contributed by atoms with E-state index in [-0.39, 0.29) is 0 Å². The molecule has 2 nitrogen and oxygen atoms in total. The van der Waals surface area contributed by atoms with Crippen molar-refractivity contribution >= 4 is 0 Å². The van der Waals surface area contributed by atoms with Crippen molar-refractivity contribution in [3.05, 3.63) is 0 Å². The summed E-state index contributed by atoms with van der Waals surface area (Å²) in [5.74, 6) is 0. The first-order valence-corrected chi connectivity index (χ1v) is 6.53. The van der Waals surface area contributed by atoms with E-state index in [1.54, 1.807) is 0 Å². The molecule has 1 aliphatic heterocycles. The number of rotatable bonds is 4. The van der Waals surface area contributed by atoms with Gasteiger partial charge in [0.15, 0.2) is 0 Å². The third-order valence-electron chi connectivity index (χ3n) is 3.64. The first-order chi connectivity index (χ1) is 7.06. The van der Waals surface area contributed by atoms with Gasteiger partial charge in [-0.15, -0.1) is 0 Å². The molecule has 0 amide bonds. The van der Waals surface area contributed by atoms with E-state index in [1.165, 1.54) is 45.3 Å². The molecular weight excluding hydrogens is 184 g/mol. The molecule has 2 aliphatic rings. The van der Waals surface area contributed by atoms with Crippen LogP contribution in [0.3, 0.4) is 0 Å². The third kappa shape index (κ3) is 3.46. The molecule has 2 heteroatoms. The fourth-order valence-electron chi connectivity index (χ4n) is 2.46. The second-order valence-electron chi connectivity index (χ2n) is 6.43. The predicted molar refractivity (Wildman–Crippen MR) is 65.1 cm³/mol. The minimum Gasteiger partial charge on any atom is -0.315 e. The van der Waals surface area contributed by atoms with Gasteiger partial charge in [-0.3, -0.25) is 4.90 Å². The maximum Gasteiger partial charge on any atom is 0.0235 e. The molecular formula is C13H26N2. The van der Waals surface area contributed by atoms with E-state index in [0.29, 0.717) is 5.41 Å². The van der Waals surface area contributed by atoms with E-state index in [0.717, 1.165) is 12.1 Å². The summed E-state index contributed by atoms with van der Waals surface area (Å²) in [4.78, 5) is 2.78. The van der Waals surface area contributed by atoms with Gasteiger partial charge in [-0.25, -0.2) is 0 Å². The standard InChI is InChI=1S/C13H26N2/c1-13(2,3)7-9-15(11-4-5-11)12-6-8-14-10-12/h11-12,14H,4-10H2,1-3H3. The van der Waals surface area contributed by atoms with Crippen LogP contribution < -0.4 is 5.32 Å². The normalized spacial score (nSPS) is 27.6. The topological polar surface area (TPSA) is 15.3 Å². The third-order valence-corrected chi connectivity index (χ3v) is 3.64. The van der Waals surface area contributed by atoms with Crippen LogP contribution in [0.1, 0.15) is 46.5 Å². The van der Waals surface area contributed by atoms with Crippen LogP contribution in [0.4, 0.5) is 0 Å². The van der Waals surface area contributed by atoms with Crippen LogP contribution in [0.5, 0.6) is 0 Å². The SMILES string of the molecule is CC(C)(C)CCN(C1CC1)C1CCNC1. The van der Waals surface area contributed by atoms with E-state index < -0.39 is 0 Å². The first kappa shape index (κ1) is 11.4. The minimum atomic E-state index is 0.485. The van der Waals surface area contributed by atoms with Crippen LogP contribution in [0.15, 0.2) is 0 Å². The zero-order valence-corrected chi connectivity index (χ0v) is 10.6. The van der Waals surface area contributed by atoms with E-state index in [1.807, 2.05) is 0 Å². The van der Waals surface area contributed by atoms with Gasteiger partial charge in [0.05, 0.1) is 0 Å². The number of hydrogen-bond acceptors (Lipinski definition) is 2. The Balaban J connectivity index is 1.83. The quantitative estimate of drug-likeness (QED) is 0.765. The highest BCUT2D eigenvalue weighted by Crippen LogP contribution is 2.32. The lowest BCUT2D eigenvalue weighted by Crippen LogP contribution is -2.40. The Morgan fingerprint density at radius 2 is 1.87 bits per heavy atom. The Bertz CT molecular complexity index is 197. The average Bonchev–Trinajstić information content (AvgIpc) is 2.80. The van der Waals surface area contributed by atoms with Crippen molar-refractivity contribution in [3.63, 3.8) is 0 Å². The number of nitrogens with zero attached hydrogens (tertiary/aromatic N) is 1. The molecule has 15 heavy (non-hydrogen) atoms. The van der Waals surface area contributed by atoms with Gasteiger partial charge in [0.25, 0.3) is 0 Å². The van der Waals surface area contributed by atoms with Crippen molar-refractivity contribution in [2.75, 3.05) is 19.6 Å². The predicted octanol–water partition coefficient (Wildman–Crippen LogP) is 2.25. The van der Waals surface area contributed by atoms with Crippen molar-refractivity contribution < 1.29 is 0 Å². The van der Waals surface area contributed by atoms with Gasteiger partial charge in [0.1, 0.15) is 0 Å². The summed E-state index contributed by atoms with van der Waals surface area (Å²) in [6.45, 7) is 10.8. The van der Waals surface area contributed by atoms with Crippen molar-refractivity contribution in [2.45, 2.75) is 58.5 Å². The van der Waals surface area contributed by atoms with E-state index in [4.69, 9.17) is 0 Å². The summed E-state index contributed by atoms with van der Waals surface area (Å²) in [6.07, 6.45) is 5.59. The lowest BCUT2D eigenvalue weighted by atomic mass is 9.92. The Labute approximate surface area is 94.4 Å². The second-order valence-corrected chi connectivity index (χ2v) is 6.43. The fourth-order valence-corrected chi connectivity index (χ4v) is 2.46. The average molecular weight is 210 g/mol. The van der Waals surface area contributed by atoms with Gasteiger partial charge in [-0.1, -0.05) is 20.8 Å². The fraction of sp³-hybridized carbons (Fsp3) is 1.00. The smallest absolute Gasteiger partial charge is 0.0235 e. The highest BCUT2D eigenvalue weighted by atomic mass is 15.2. The van der Waals surface area contributed by atoms with Crippen LogP contribution >= 0.6 is 0 Å². The molecule has 0 bridgehead atoms. The molecule has 1 atom stereocenters. The van der Waals surface area contributed by atoms with Gasteiger partial charge in [-0.05, 0) is 44.2 Å². The molecule has 0 aromatic heterocycles. The zero-order valence-electron chi connectivity index (χ0n) is 10.6. The molecule has 2 rings (SSSR count). The zero-order chi connectivity index (χ0) is 10.9. The lowest BCUT2D eigenvalue weighted by Gasteiger charge is -2.31. The molecule has 1 aliphatic carbocycles. The van der Waals surface area contributed by atoms with Crippen LogP contribution in [0, 0.1) is 5.41 Å². The van der Waals surface area contributed by atoms with Gasteiger partial charge in [-0.2, -0.15) is 0 Å². The van der Waals surface area contributed by atoms with Crippen LogP contribution in [-0.4, -0.2) is 36.6 Å². The van der Waals surface area contributed by atoms with E-state index in [2.05, 4.69) is 31.0 Å². The summed E-state index contributed by atoms with van der Waals surface area (Å²) >= 11 is 0. The summed E-state index contributed by atoms with van der Waals surface area (Å²) in [6, 6.07) is 1.76. The van der Waals surface area contributed by atoms with E-state index >= 15 is 0 Å². The van der Waals surface area contributed by atoms with Gasteiger partial charge in [0, 0.05) is 18.6 Å². The molecule has 2 fully saturated rings. The summed E-state index contributed by atoms with van der Waals surface area (Å²) in [5, 5.41) is 3.49. The molecule has 0 aromatic carbocycles. The van der Waals surface area contributed by atoms with E-state index in [9.17, 15) is 0 Å².